The van der Waals surface area contributed by atoms with Gasteiger partial charge in [-0.3, -0.25) is 19.5 Å². The number of carbonyl (C=O) groups excluding carboxylic acids is 1. The second kappa shape index (κ2) is 9.67. The highest BCUT2D eigenvalue weighted by Crippen LogP contribution is 2.27. The summed E-state index contributed by atoms with van der Waals surface area (Å²) >= 11 is 7.16. The van der Waals surface area contributed by atoms with E-state index in [1.165, 1.54) is 30.0 Å². The Morgan fingerprint density at radius 2 is 1.91 bits per heavy atom. The number of thioether (sulfide) groups is 1. The van der Waals surface area contributed by atoms with Crippen LogP contribution in [0, 0.1) is 10.1 Å². The van der Waals surface area contributed by atoms with Crippen molar-refractivity contribution < 1.29 is 14.1 Å². The van der Waals surface area contributed by atoms with E-state index in [4.69, 9.17) is 16.0 Å². The molecule has 2 heterocycles. The maximum Gasteiger partial charge on any atom is 0.292 e. The van der Waals surface area contributed by atoms with Crippen molar-refractivity contribution in [1.82, 2.24) is 14.8 Å². The van der Waals surface area contributed by atoms with Crippen LogP contribution in [-0.4, -0.2) is 31.3 Å². The van der Waals surface area contributed by atoms with Gasteiger partial charge < -0.3 is 9.73 Å². The first-order valence-electron chi connectivity index (χ1n) is 9.39. The highest BCUT2D eigenvalue weighted by atomic mass is 35.5. The molecule has 1 amide bonds. The number of nitrogens with one attached hydrogen (secondary N) is 1. The first kappa shape index (κ1) is 21.6. The molecule has 32 heavy (non-hydrogen) atoms. The number of benzene rings is 2. The van der Waals surface area contributed by atoms with Crippen LogP contribution in [-0.2, 0) is 11.3 Å². The maximum atomic E-state index is 12.5. The second-order valence-corrected chi connectivity index (χ2v) is 7.97. The van der Waals surface area contributed by atoms with Gasteiger partial charge in [0.05, 0.1) is 23.5 Å². The normalized spacial score (nSPS) is 10.8. The van der Waals surface area contributed by atoms with E-state index in [0.717, 1.165) is 5.56 Å². The van der Waals surface area contributed by atoms with Crippen molar-refractivity contribution in [2.75, 3.05) is 11.1 Å². The molecule has 2 aromatic carbocycles. The van der Waals surface area contributed by atoms with E-state index in [-0.39, 0.29) is 17.1 Å². The van der Waals surface area contributed by atoms with Crippen molar-refractivity contribution in [2.45, 2.75) is 11.7 Å². The Labute approximate surface area is 191 Å². The average molecular weight is 470 g/mol. The number of nitro benzene ring substituents is 1. The lowest BCUT2D eigenvalue weighted by atomic mass is 10.2. The van der Waals surface area contributed by atoms with Gasteiger partial charge in [-0.15, -0.1) is 10.2 Å². The number of rotatable bonds is 8. The number of halogens is 1. The third-order valence-electron chi connectivity index (χ3n) is 4.42. The summed E-state index contributed by atoms with van der Waals surface area (Å²) in [5.41, 5.74) is 0.781. The van der Waals surface area contributed by atoms with E-state index in [9.17, 15) is 14.9 Å². The number of anilines is 1. The maximum absolute atomic E-state index is 12.5. The van der Waals surface area contributed by atoms with Crippen molar-refractivity contribution in [1.29, 1.82) is 0 Å². The zero-order valence-electron chi connectivity index (χ0n) is 16.5. The highest BCUT2D eigenvalue weighted by molar-refractivity contribution is 7.99. The fourth-order valence-corrected chi connectivity index (χ4v) is 3.83. The van der Waals surface area contributed by atoms with Crippen LogP contribution >= 0.6 is 23.4 Å². The molecule has 2 aromatic heterocycles. The van der Waals surface area contributed by atoms with Crippen LogP contribution in [0.25, 0.3) is 11.4 Å². The van der Waals surface area contributed by atoms with Crippen molar-refractivity contribution in [2.24, 2.45) is 0 Å². The molecule has 162 valence electrons. The zero-order chi connectivity index (χ0) is 22.5. The minimum atomic E-state index is -0.541. The Hall–Kier alpha value is -3.63. The van der Waals surface area contributed by atoms with Crippen LogP contribution in [0.5, 0.6) is 0 Å². The van der Waals surface area contributed by atoms with Gasteiger partial charge in [0.25, 0.3) is 5.69 Å². The summed E-state index contributed by atoms with van der Waals surface area (Å²) in [6.07, 6.45) is 1.58. The number of amides is 1. The predicted molar refractivity (Wildman–Crippen MR) is 121 cm³/mol. The van der Waals surface area contributed by atoms with E-state index in [1.807, 2.05) is 22.8 Å². The highest BCUT2D eigenvalue weighted by Gasteiger charge is 2.19. The van der Waals surface area contributed by atoms with Crippen LogP contribution in [0.2, 0.25) is 5.02 Å². The summed E-state index contributed by atoms with van der Waals surface area (Å²) < 4.78 is 7.30. The molecule has 4 aromatic rings. The van der Waals surface area contributed by atoms with Crippen molar-refractivity contribution in [3.05, 3.63) is 87.8 Å². The lowest BCUT2D eigenvalue weighted by Crippen LogP contribution is -2.15. The first-order chi connectivity index (χ1) is 15.5. The molecule has 9 nitrogen and oxygen atoms in total. The van der Waals surface area contributed by atoms with E-state index in [2.05, 4.69) is 15.5 Å². The molecule has 0 aliphatic carbocycles. The number of nitro groups is 1. The van der Waals surface area contributed by atoms with E-state index in [1.54, 1.807) is 30.5 Å². The summed E-state index contributed by atoms with van der Waals surface area (Å²) in [4.78, 5) is 23.1. The van der Waals surface area contributed by atoms with Crippen molar-refractivity contribution >= 4 is 40.6 Å². The Balaban J connectivity index is 1.54. The molecule has 0 radical (unpaired) electrons. The molecular weight excluding hydrogens is 454 g/mol. The topological polar surface area (TPSA) is 116 Å². The molecule has 11 heteroatoms. The Morgan fingerprint density at radius 3 is 2.62 bits per heavy atom. The van der Waals surface area contributed by atoms with E-state index in [0.29, 0.717) is 28.3 Å². The van der Waals surface area contributed by atoms with Crippen LogP contribution in [0.3, 0.4) is 0 Å². The molecule has 1 N–H and O–H groups in total. The third kappa shape index (κ3) is 4.98. The lowest BCUT2D eigenvalue weighted by molar-refractivity contribution is -0.383. The largest absolute Gasteiger partial charge is 0.467 e. The number of hydrogen-bond donors (Lipinski definition) is 1. The molecular formula is C21H16ClN5O4S. The Kier molecular flexibility index (Phi) is 6.52. The van der Waals surface area contributed by atoms with Crippen molar-refractivity contribution in [3.8, 4) is 11.4 Å². The molecule has 0 fully saturated rings. The number of carbonyl (C=O) groups is 1. The van der Waals surface area contributed by atoms with Crippen LogP contribution < -0.4 is 5.32 Å². The van der Waals surface area contributed by atoms with E-state index >= 15 is 0 Å². The summed E-state index contributed by atoms with van der Waals surface area (Å²) in [5.74, 6) is 0.888. The molecule has 0 aliphatic rings. The van der Waals surface area contributed by atoms with Gasteiger partial charge in [-0.1, -0.05) is 35.5 Å². The number of nitrogens with zero attached hydrogens (tertiary/aromatic N) is 4. The number of para-hydroxylation sites is 2. The fourth-order valence-electron chi connectivity index (χ4n) is 2.96. The molecule has 4 rings (SSSR count). The molecule has 0 spiro atoms. The SMILES string of the molecule is O=C(CSc1nnc(-c2ccc(Cl)cc2)n1Cc1ccco1)Nc1ccccc1[N+](=O)[O-]. The fraction of sp³-hybridized carbons (Fsp3) is 0.0952. The van der Waals surface area contributed by atoms with Gasteiger partial charge in [0.1, 0.15) is 11.4 Å². The second-order valence-electron chi connectivity index (χ2n) is 6.59. The number of aromatic nitrogens is 3. The Morgan fingerprint density at radius 1 is 1.12 bits per heavy atom. The summed E-state index contributed by atoms with van der Waals surface area (Å²) in [6, 6.07) is 16.8. The van der Waals surface area contributed by atoms with Crippen LogP contribution in [0.4, 0.5) is 11.4 Å². The van der Waals surface area contributed by atoms with Gasteiger partial charge in [0.2, 0.25) is 5.91 Å². The molecule has 0 bridgehead atoms. The van der Waals surface area contributed by atoms with Gasteiger partial charge in [-0.2, -0.15) is 0 Å². The Bertz CT molecular complexity index is 1240. The molecule has 0 atom stereocenters. The summed E-state index contributed by atoms with van der Waals surface area (Å²) in [7, 11) is 0. The summed E-state index contributed by atoms with van der Waals surface area (Å²) in [5, 5.41) is 23.4. The third-order valence-corrected chi connectivity index (χ3v) is 5.64. The van der Waals surface area contributed by atoms with Gasteiger partial charge in [0, 0.05) is 16.7 Å². The number of furan rings is 1. The van der Waals surface area contributed by atoms with Crippen LogP contribution in [0.1, 0.15) is 5.76 Å². The van der Waals surface area contributed by atoms with Crippen LogP contribution in [0.15, 0.2) is 76.5 Å². The minimum Gasteiger partial charge on any atom is -0.467 e. The summed E-state index contributed by atoms with van der Waals surface area (Å²) in [6.45, 7) is 0.367. The molecule has 0 saturated carbocycles. The van der Waals surface area contributed by atoms with Gasteiger partial charge >= 0.3 is 0 Å². The van der Waals surface area contributed by atoms with Gasteiger partial charge in [0.15, 0.2) is 11.0 Å². The molecule has 0 saturated heterocycles. The monoisotopic (exact) mass is 469 g/mol. The average Bonchev–Trinajstić information content (AvgIpc) is 3.44. The minimum absolute atomic E-state index is 0.0110. The van der Waals surface area contributed by atoms with Gasteiger partial charge in [-0.25, -0.2) is 0 Å². The zero-order valence-corrected chi connectivity index (χ0v) is 18.0. The standard InChI is InChI=1S/C21H16ClN5O4S/c22-15-9-7-14(8-10-15)20-24-25-21(26(20)12-16-4-3-11-31-16)32-13-19(28)23-17-5-1-2-6-18(17)27(29)30/h1-11H,12-13H2,(H,23,28). The first-order valence-corrected chi connectivity index (χ1v) is 10.7. The molecule has 0 unspecified atom stereocenters. The lowest BCUT2D eigenvalue weighted by Gasteiger charge is -2.09. The quantitative estimate of drug-likeness (QED) is 0.222. The van der Waals surface area contributed by atoms with Gasteiger partial charge in [-0.05, 0) is 42.5 Å². The van der Waals surface area contributed by atoms with Crippen molar-refractivity contribution in [3.63, 3.8) is 0 Å². The smallest absolute Gasteiger partial charge is 0.292 e. The molecule has 0 aliphatic heterocycles. The van der Waals surface area contributed by atoms with E-state index < -0.39 is 10.8 Å². The number of hydrogen-bond acceptors (Lipinski definition) is 7. The predicted octanol–water partition coefficient (Wildman–Crippen LogP) is 4.88.